The number of amides is 3. The molecule has 3 amide bonds. The van der Waals surface area contributed by atoms with Gasteiger partial charge in [-0.15, -0.1) is 0 Å². The van der Waals surface area contributed by atoms with E-state index >= 15 is 0 Å². The van der Waals surface area contributed by atoms with Crippen molar-refractivity contribution in [1.82, 2.24) is 4.90 Å². The average molecular weight is 233 g/mol. The van der Waals surface area contributed by atoms with Crippen molar-refractivity contribution in [3.63, 3.8) is 0 Å². The molecule has 2 rings (SSSR count). The van der Waals surface area contributed by atoms with Crippen LogP contribution < -0.4 is 10.6 Å². The summed E-state index contributed by atoms with van der Waals surface area (Å²) in [6.45, 7) is 3.11. The predicted octanol–water partition coefficient (Wildman–Crippen LogP) is 0.722. The molecule has 0 spiro atoms. The van der Waals surface area contributed by atoms with Gasteiger partial charge in [-0.2, -0.15) is 0 Å². The fourth-order valence-electron chi connectivity index (χ4n) is 1.88. The molecule has 2 N–H and O–H groups in total. The molecular weight excluding hydrogens is 218 g/mol. The molecule has 1 heterocycles. The summed E-state index contributed by atoms with van der Waals surface area (Å²) in [5.74, 6) is -0.482. The van der Waals surface area contributed by atoms with Gasteiger partial charge in [0, 0.05) is 18.8 Å². The van der Waals surface area contributed by atoms with Crippen molar-refractivity contribution in [2.75, 3.05) is 24.5 Å². The van der Waals surface area contributed by atoms with Gasteiger partial charge in [0.1, 0.15) is 6.54 Å². The molecule has 1 saturated heterocycles. The first kappa shape index (κ1) is 11.4. The van der Waals surface area contributed by atoms with E-state index in [-0.39, 0.29) is 12.6 Å². The lowest BCUT2D eigenvalue weighted by atomic mass is 10.2. The van der Waals surface area contributed by atoms with Gasteiger partial charge in [0.15, 0.2) is 0 Å². The maximum absolute atomic E-state index is 12.0. The smallest absolute Gasteiger partial charge is 0.325 e. The summed E-state index contributed by atoms with van der Waals surface area (Å²) >= 11 is 0. The fourth-order valence-corrected chi connectivity index (χ4v) is 1.88. The molecule has 0 atom stereocenters. The molecule has 1 fully saturated rings. The highest BCUT2D eigenvalue weighted by molar-refractivity contribution is 5.96. The third-order valence-electron chi connectivity index (χ3n) is 2.79. The third kappa shape index (κ3) is 2.38. The maximum Gasteiger partial charge on any atom is 0.325 e. The van der Waals surface area contributed by atoms with Gasteiger partial charge in [-0.3, -0.25) is 9.69 Å². The first-order chi connectivity index (χ1) is 8.08. The van der Waals surface area contributed by atoms with E-state index in [1.807, 2.05) is 31.2 Å². The lowest BCUT2D eigenvalue weighted by Crippen LogP contribution is -2.37. The van der Waals surface area contributed by atoms with E-state index in [4.69, 9.17) is 5.73 Å². The highest BCUT2D eigenvalue weighted by atomic mass is 16.2. The molecule has 90 valence electrons. The average Bonchev–Trinajstić information content (AvgIpc) is 2.61. The fraction of sp³-hybridized carbons (Fsp3) is 0.333. The zero-order valence-electron chi connectivity index (χ0n) is 9.72. The Morgan fingerprint density at radius 1 is 1.29 bits per heavy atom. The Kier molecular flexibility index (Phi) is 2.99. The van der Waals surface area contributed by atoms with Crippen LogP contribution >= 0.6 is 0 Å². The molecule has 0 saturated carbocycles. The Hall–Kier alpha value is -2.04. The van der Waals surface area contributed by atoms with Gasteiger partial charge in [0.05, 0.1) is 0 Å². The summed E-state index contributed by atoms with van der Waals surface area (Å²) in [6.07, 6.45) is 0. The standard InChI is InChI=1S/C12H15N3O2/c1-9-2-4-10(5-3-9)15-7-6-14(12(15)17)8-11(13)16/h2-5H,6-8H2,1H3,(H2,13,16). The van der Waals surface area contributed by atoms with Crippen LogP contribution in [0.2, 0.25) is 0 Å². The molecule has 0 aromatic heterocycles. The summed E-state index contributed by atoms with van der Waals surface area (Å²) in [6, 6.07) is 7.56. The second kappa shape index (κ2) is 4.45. The number of hydrogen-bond donors (Lipinski definition) is 1. The Morgan fingerprint density at radius 3 is 2.53 bits per heavy atom. The molecule has 1 aliphatic rings. The second-order valence-electron chi connectivity index (χ2n) is 4.16. The monoisotopic (exact) mass is 233 g/mol. The molecule has 5 heteroatoms. The van der Waals surface area contributed by atoms with E-state index in [9.17, 15) is 9.59 Å². The number of carbonyl (C=O) groups excluding carboxylic acids is 2. The van der Waals surface area contributed by atoms with Crippen molar-refractivity contribution >= 4 is 17.6 Å². The van der Waals surface area contributed by atoms with Crippen LogP contribution in [0.25, 0.3) is 0 Å². The molecule has 5 nitrogen and oxygen atoms in total. The number of urea groups is 1. The Bertz CT molecular complexity index is 442. The first-order valence-corrected chi connectivity index (χ1v) is 5.49. The minimum atomic E-state index is -0.482. The lowest BCUT2D eigenvalue weighted by molar-refractivity contribution is -0.118. The van der Waals surface area contributed by atoms with Crippen LogP contribution in [0, 0.1) is 6.92 Å². The van der Waals surface area contributed by atoms with E-state index < -0.39 is 5.91 Å². The molecule has 1 aliphatic heterocycles. The number of anilines is 1. The summed E-state index contributed by atoms with van der Waals surface area (Å²) in [5, 5.41) is 0. The van der Waals surface area contributed by atoms with Gasteiger partial charge in [-0.1, -0.05) is 17.7 Å². The van der Waals surface area contributed by atoms with Crippen molar-refractivity contribution in [3.8, 4) is 0 Å². The van der Waals surface area contributed by atoms with Gasteiger partial charge in [-0.25, -0.2) is 4.79 Å². The van der Waals surface area contributed by atoms with Crippen molar-refractivity contribution < 1.29 is 9.59 Å². The number of nitrogens with two attached hydrogens (primary N) is 1. The molecule has 0 bridgehead atoms. The molecule has 1 aromatic rings. The molecule has 17 heavy (non-hydrogen) atoms. The third-order valence-corrected chi connectivity index (χ3v) is 2.79. The summed E-state index contributed by atoms with van der Waals surface area (Å²) in [7, 11) is 0. The first-order valence-electron chi connectivity index (χ1n) is 5.49. The normalized spacial score (nSPS) is 15.5. The SMILES string of the molecule is Cc1ccc(N2CCN(CC(N)=O)C2=O)cc1. The second-order valence-corrected chi connectivity index (χ2v) is 4.16. The number of primary amides is 1. The van der Waals surface area contributed by atoms with Gasteiger partial charge in [0.25, 0.3) is 0 Å². The van der Waals surface area contributed by atoms with E-state index in [2.05, 4.69) is 0 Å². The van der Waals surface area contributed by atoms with Crippen LogP contribution in [0.3, 0.4) is 0 Å². The minimum Gasteiger partial charge on any atom is -0.368 e. The lowest BCUT2D eigenvalue weighted by Gasteiger charge is -2.17. The summed E-state index contributed by atoms with van der Waals surface area (Å²) < 4.78 is 0. The molecule has 0 radical (unpaired) electrons. The van der Waals surface area contributed by atoms with Crippen molar-refractivity contribution in [2.45, 2.75) is 6.92 Å². The quantitative estimate of drug-likeness (QED) is 0.836. The number of nitrogens with zero attached hydrogens (tertiary/aromatic N) is 2. The van der Waals surface area contributed by atoms with Crippen LogP contribution in [-0.2, 0) is 4.79 Å². The van der Waals surface area contributed by atoms with Crippen molar-refractivity contribution in [1.29, 1.82) is 0 Å². The number of carbonyl (C=O) groups is 2. The number of benzene rings is 1. The molecule has 0 unspecified atom stereocenters. The molecule has 0 aliphatic carbocycles. The van der Waals surface area contributed by atoms with Gasteiger partial charge >= 0.3 is 6.03 Å². The van der Waals surface area contributed by atoms with E-state index in [0.717, 1.165) is 11.3 Å². The Morgan fingerprint density at radius 2 is 1.94 bits per heavy atom. The Balaban J connectivity index is 2.12. The van der Waals surface area contributed by atoms with Gasteiger partial charge in [0.2, 0.25) is 5.91 Å². The van der Waals surface area contributed by atoms with Crippen LogP contribution in [0.5, 0.6) is 0 Å². The molecule has 1 aromatic carbocycles. The number of hydrogen-bond acceptors (Lipinski definition) is 2. The van der Waals surface area contributed by atoms with Crippen molar-refractivity contribution in [2.24, 2.45) is 5.73 Å². The van der Waals surface area contributed by atoms with E-state index in [1.54, 1.807) is 4.90 Å². The van der Waals surface area contributed by atoms with Crippen LogP contribution in [0.4, 0.5) is 10.5 Å². The van der Waals surface area contributed by atoms with E-state index in [0.29, 0.717) is 13.1 Å². The maximum atomic E-state index is 12.0. The Labute approximate surface area is 99.8 Å². The predicted molar refractivity (Wildman–Crippen MR) is 64.7 cm³/mol. The summed E-state index contributed by atoms with van der Waals surface area (Å²) in [4.78, 5) is 25.9. The van der Waals surface area contributed by atoms with Gasteiger partial charge in [-0.05, 0) is 19.1 Å². The van der Waals surface area contributed by atoms with Crippen LogP contribution in [-0.4, -0.2) is 36.5 Å². The van der Waals surface area contributed by atoms with Crippen LogP contribution in [0.1, 0.15) is 5.56 Å². The zero-order valence-corrected chi connectivity index (χ0v) is 9.72. The van der Waals surface area contributed by atoms with Crippen LogP contribution in [0.15, 0.2) is 24.3 Å². The van der Waals surface area contributed by atoms with Gasteiger partial charge < -0.3 is 10.6 Å². The highest BCUT2D eigenvalue weighted by Crippen LogP contribution is 2.20. The van der Waals surface area contributed by atoms with E-state index in [1.165, 1.54) is 4.90 Å². The number of aryl methyl sites for hydroxylation is 1. The zero-order chi connectivity index (χ0) is 12.4. The largest absolute Gasteiger partial charge is 0.368 e. The van der Waals surface area contributed by atoms with Crippen molar-refractivity contribution in [3.05, 3.63) is 29.8 Å². The number of rotatable bonds is 3. The summed E-state index contributed by atoms with van der Waals surface area (Å²) in [5.41, 5.74) is 7.09. The minimum absolute atomic E-state index is 0.0127. The highest BCUT2D eigenvalue weighted by Gasteiger charge is 2.30. The topological polar surface area (TPSA) is 66.6 Å². The molecular formula is C12H15N3O2.